The Morgan fingerprint density at radius 1 is 1.14 bits per heavy atom. The normalized spacial score (nSPS) is 12.3. The predicted octanol–water partition coefficient (Wildman–Crippen LogP) is 5.21. The Morgan fingerprint density at radius 2 is 1.94 bits per heavy atom. The Hall–Kier alpha value is -3.40. The minimum atomic E-state index is -0.690. The van der Waals surface area contributed by atoms with Crippen molar-refractivity contribution in [3.63, 3.8) is 0 Å². The molecule has 3 aromatic rings. The largest absolute Gasteiger partial charge is 0.464 e. The third kappa shape index (κ3) is 8.08. The van der Waals surface area contributed by atoms with Crippen LogP contribution in [0.2, 0.25) is 5.02 Å². The lowest BCUT2D eigenvalue weighted by Gasteiger charge is -2.16. The molecule has 0 fully saturated rings. The maximum absolute atomic E-state index is 12.2. The van der Waals surface area contributed by atoms with Crippen LogP contribution in [0.1, 0.15) is 38.6 Å². The van der Waals surface area contributed by atoms with Crippen molar-refractivity contribution in [2.24, 2.45) is 0 Å². The molecule has 0 saturated heterocycles. The first-order valence-corrected chi connectivity index (χ1v) is 12.1. The molecule has 1 aromatic heterocycles. The number of halogens is 1. The quantitative estimate of drug-likeness (QED) is 0.134. The van der Waals surface area contributed by atoms with E-state index in [1.54, 1.807) is 37.3 Å². The van der Waals surface area contributed by atoms with Crippen LogP contribution in [0.15, 0.2) is 59.3 Å². The van der Waals surface area contributed by atoms with Crippen molar-refractivity contribution in [1.82, 2.24) is 15.6 Å². The molecule has 0 aliphatic rings. The lowest BCUT2D eigenvalue weighted by atomic mass is 10.1. The Morgan fingerprint density at radius 3 is 2.67 bits per heavy atom. The Bertz CT molecular complexity index is 1130. The van der Waals surface area contributed by atoms with Crippen molar-refractivity contribution in [2.75, 3.05) is 19.8 Å². The Kier molecular flexibility index (Phi) is 10.7. The average molecular weight is 516 g/mol. The molecule has 0 radical (unpaired) electrons. The maximum atomic E-state index is 12.2. The van der Waals surface area contributed by atoms with Gasteiger partial charge in [0.2, 0.25) is 5.82 Å². The van der Waals surface area contributed by atoms with Crippen molar-refractivity contribution in [2.45, 2.75) is 39.7 Å². The summed E-state index contributed by atoms with van der Waals surface area (Å²) in [7, 11) is 0. The molecule has 0 amide bonds. The predicted molar refractivity (Wildman–Crippen MR) is 135 cm³/mol. The summed E-state index contributed by atoms with van der Waals surface area (Å²) < 4.78 is 22.0. The van der Waals surface area contributed by atoms with Gasteiger partial charge in [-0.3, -0.25) is 10.3 Å². The van der Waals surface area contributed by atoms with Crippen LogP contribution in [0.4, 0.5) is 0 Å². The number of carbonyl (C=O) groups excluding carboxylic acids is 1. The summed E-state index contributed by atoms with van der Waals surface area (Å²) >= 11 is 5.96. The number of carbonyl (C=O) groups is 1. The van der Waals surface area contributed by atoms with Crippen LogP contribution >= 0.6 is 11.6 Å². The van der Waals surface area contributed by atoms with Gasteiger partial charge in [-0.15, -0.1) is 0 Å². The molecule has 1 unspecified atom stereocenters. The summed E-state index contributed by atoms with van der Waals surface area (Å²) in [6.45, 7) is 6.75. The molecule has 2 aromatic carbocycles. The fourth-order valence-corrected chi connectivity index (χ4v) is 3.26. The SMILES string of the molecule is CCCONC(=COc1cccc(CC(OCC)C(=O)OCC)c1)c1nc(-c2ccc(Cl)cc2)no1. The third-order valence-electron chi connectivity index (χ3n) is 4.80. The first kappa shape index (κ1) is 27.2. The van der Waals surface area contributed by atoms with Crippen LogP contribution in [-0.4, -0.2) is 42.0 Å². The van der Waals surface area contributed by atoms with Crippen LogP contribution in [0, 0.1) is 0 Å². The second-order valence-electron chi connectivity index (χ2n) is 7.58. The van der Waals surface area contributed by atoms with E-state index in [0.29, 0.717) is 48.5 Å². The van der Waals surface area contributed by atoms with E-state index in [1.165, 1.54) is 6.26 Å². The van der Waals surface area contributed by atoms with E-state index < -0.39 is 12.1 Å². The summed E-state index contributed by atoms with van der Waals surface area (Å²) in [5, 5.41) is 4.65. The fraction of sp³-hybridized carbons (Fsp3) is 0.346. The number of aromatic nitrogens is 2. The van der Waals surface area contributed by atoms with E-state index in [4.69, 9.17) is 35.2 Å². The standard InChI is InChI=1S/C26H30ClN3O6/c1-4-14-35-29-22(25-28-24(30-36-25)19-10-12-20(27)13-11-19)17-34-21-9-7-8-18(15-21)16-23(32-5-2)26(31)33-6-3/h7-13,15,17,23,29H,4-6,14,16H2,1-3H3. The number of esters is 1. The number of nitrogens with one attached hydrogen (secondary N) is 1. The number of benzene rings is 2. The highest BCUT2D eigenvalue weighted by Crippen LogP contribution is 2.22. The second kappa shape index (κ2) is 14.2. The molecule has 9 nitrogen and oxygen atoms in total. The summed E-state index contributed by atoms with van der Waals surface area (Å²) in [6.07, 6.45) is 1.90. The number of rotatable bonds is 14. The molecule has 1 heterocycles. The van der Waals surface area contributed by atoms with Gasteiger partial charge < -0.3 is 18.7 Å². The lowest BCUT2D eigenvalue weighted by Crippen LogP contribution is -2.29. The molecule has 0 bridgehead atoms. The van der Waals surface area contributed by atoms with Gasteiger partial charge in [0.1, 0.15) is 12.0 Å². The summed E-state index contributed by atoms with van der Waals surface area (Å²) in [5.74, 6) is 0.732. The van der Waals surface area contributed by atoms with Gasteiger partial charge in [-0.25, -0.2) is 4.79 Å². The number of hydrogen-bond acceptors (Lipinski definition) is 9. The molecule has 36 heavy (non-hydrogen) atoms. The van der Waals surface area contributed by atoms with E-state index in [9.17, 15) is 4.79 Å². The number of hydrogen-bond donors (Lipinski definition) is 1. The first-order valence-electron chi connectivity index (χ1n) is 11.8. The van der Waals surface area contributed by atoms with Gasteiger partial charge in [0.15, 0.2) is 11.8 Å². The molecule has 3 rings (SSSR count). The molecule has 1 atom stereocenters. The molecule has 0 aliphatic heterocycles. The van der Waals surface area contributed by atoms with Crippen molar-refractivity contribution in [3.8, 4) is 17.1 Å². The third-order valence-corrected chi connectivity index (χ3v) is 5.05. The minimum Gasteiger partial charge on any atom is -0.464 e. The monoisotopic (exact) mass is 515 g/mol. The van der Waals surface area contributed by atoms with E-state index in [0.717, 1.165) is 17.5 Å². The molecular weight excluding hydrogens is 486 g/mol. The summed E-state index contributed by atoms with van der Waals surface area (Å²) in [6, 6.07) is 14.4. The molecule has 0 spiro atoms. The molecule has 0 aliphatic carbocycles. The summed E-state index contributed by atoms with van der Waals surface area (Å²) in [4.78, 5) is 22.1. The summed E-state index contributed by atoms with van der Waals surface area (Å²) in [5.41, 5.74) is 4.76. The van der Waals surface area contributed by atoms with Crippen LogP contribution in [0.5, 0.6) is 5.75 Å². The molecular formula is C26H30ClN3O6. The lowest BCUT2D eigenvalue weighted by molar-refractivity contribution is -0.156. The number of hydroxylamine groups is 1. The second-order valence-corrected chi connectivity index (χ2v) is 8.01. The van der Waals surface area contributed by atoms with Crippen molar-refractivity contribution in [3.05, 3.63) is 71.3 Å². The molecule has 1 N–H and O–H groups in total. The zero-order valence-electron chi connectivity index (χ0n) is 20.5. The Balaban J connectivity index is 1.77. The maximum Gasteiger partial charge on any atom is 0.335 e. The average Bonchev–Trinajstić information content (AvgIpc) is 3.37. The van der Waals surface area contributed by atoms with E-state index >= 15 is 0 Å². The highest BCUT2D eigenvalue weighted by molar-refractivity contribution is 6.30. The first-order chi connectivity index (χ1) is 17.5. The van der Waals surface area contributed by atoms with Crippen LogP contribution in [0.25, 0.3) is 17.1 Å². The highest BCUT2D eigenvalue weighted by atomic mass is 35.5. The van der Waals surface area contributed by atoms with Gasteiger partial charge in [0.25, 0.3) is 5.89 Å². The van der Waals surface area contributed by atoms with Crippen molar-refractivity contribution >= 4 is 23.3 Å². The molecule has 0 saturated carbocycles. The number of ether oxygens (including phenoxy) is 3. The van der Waals surface area contributed by atoms with Crippen molar-refractivity contribution in [1.29, 1.82) is 0 Å². The molecule has 10 heteroatoms. The molecule has 192 valence electrons. The Labute approximate surface area is 215 Å². The van der Waals surface area contributed by atoms with E-state index in [2.05, 4.69) is 15.6 Å². The van der Waals surface area contributed by atoms with Crippen LogP contribution in [-0.2, 0) is 25.5 Å². The fourth-order valence-electron chi connectivity index (χ4n) is 3.13. The van der Waals surface area contributed by atoms with Gasteiger partial charge in [0, 0.05) is 23.6 Å². The highest BCUT2D eigenvalue weighted by Gasteiger charge is 2.21. The van der Waals surface area contributed by atoms with Crippen LogP contribution < -0.4 is 10.2 Å². The van der Waals surface area contributed by atoms with Gasteiger partial charge in [-0.2, -0.15) is 4.98 Å². The van der Waals surface area contributed by atoms with Gasteiger partial charge in [-0.05, 0) is 62.2 Å². The topological polar surface area (TPSA) is 105 Å². The zero-order valence-corrected chi connectivity index (χ0v) is 21.3. The van der Waals surface area contributed by atoms with Gasteiger partial charge in [0.05, 0.1) is 13.2 Å². The van der Waals surface area contributed by atoms with Crippen LogP contribution in [0.3, 0.4) is 0 Å². The zero-order chi connectivity index (χ0) is 25.8. The van der Waals surface area contributed by atoms with Crippen molar-refractivity contribution < 1.29 is 28.4 Å². The van der Waals surface area contributed by atoms with Gasteiger partial charge in [-0.1, -0.05) is 35.8 Å². The van der Waals surface area contributed by atoms with Gasteiger partial charge >= 0.3 is 5.97 Å². The van der Waals surface area contributed by atoms with E-state index in [-0.39, 0.29) is 5.89 Å². The number of nitrogens with zero attached hydrogens (tertiary/aromatic N) is 2. The minimum absolute atomic E-state index is 0.186. The van der Waals surface area contributed by atoms with E-state index in [1.807, 2.05) is 32.0 Å². The smallest absolute Gasteiger partial charge is 0.335 e.